The van der Waals surface area contributed by atoms with Gasteiger partial charge in [0.15, 0.2) is 5.03 Å². The SMILES string of the molecule is Cn1cnc(S(=O)(=O)NCCc2ccc(C(=O)O)cc2)c1. The van der Waals surface area contributed by atoms with Crippen molar-refractivity contribution in [3.63, 3.8) is 0 Å². The number of carbonyl (C=O) groups is 1. The van der Waals surface area contributed by atoms with Crippen molar-refractivity contribution in [3.8, 4) is 0 Å². The normalized spacial score (nSPS) is 11.5. The molecular formula is C13H15N3O4S. The Morgan fingerprint density at radius 2 is 2.00 bits per heavy atom. The van der Waals surface area contributed by atoms with E-state index >= 15 is 0 Å². The first-order chi connectivity index (χ1) is 9.88. The number of nitrogens with zero attached hydrogens (tertiary/aromatic N) is 2. The highest BCUT2D eigenvalue weighted by Gasteiger charge is 2.16. The van der Waals surface area contributed by atoms with E-state index in [2.05, 4.69) is 9.71 Å². The summed E-state index contributed by atoms with van der Waals surface area (Å²) in [5, 5.41) is 8.76. The predicted molar refractivity (Wildman–Crippen MR) is 75.5 cm³/mol. The van der Waals surface area contributed by atoms with Gasteiger partial charge in [-0.15, -0.1) is 0 Å². The lowest BCUT2D eigenvalue weighted by atomic mass is 10.1. The molecule has 0 saturated carbocycles. The molecule has 21 heavy (non-hydrogen) atoms. The molecule has 0 aliphatic carbocycles. The lowest BCUT2D eigenvalue weighted by Gasteiger charge is -2.05. The molecule has 0 saturated heterocycles. The minimum atomic E-state index is -3.61. The van der Waals surface area contributed by atoms with Crippen molar-refractivity contribution in [2.45, 2.75) is 11.4 Å². The van der Waals surface area contributed by atoms with Crippen molar-refractivity contribution in [1.82, 2.24) is 14.3 Å². The van der Waals surface area contributed by atoms with Crippen LogP contribution >= 0.6 is 0 Å². The van der Waals surface area contributed by atoms with E-state index in [0.717, 1.165) is 5.56 Å². The van der Waals surface area contributed by atoms with Crippen molar-refractivity contribution in [2.24, 2.45) is 7.05 Å². The van der Waals surface area contributed by atoms with Crippen LogP contribution in [0.1, 0.15) is 15.9 Å². The number of imidazole rings is 1. The number of aromatic carboxylic acids is 1. The highest BCUT2D eigenvalue weighted by atomic mass is 32.2. The highest BCUT2D eigenvalue weighted by Crippen LogP contribution is 2.07. The van der Waals surface area contributed by atoms with Gasteiger partial charge >= 0.3 is 5.97 Å². The molecule has 0 atom stereocenters. The first-order valence-corrected chi connectivity index (χ1v) is 7.67. The van der Waals surface area contributed by atoms with Gasteiger partial charge in [-0.05, 0) is 24.1 Å². The summed E-state index contributed by atoms with van der Waals surface area (Å²) in [6.45, 7) is 0.214. The molecule has 1 aromatic carbocycles. The van der Waals surface area contributed by atoms with Crippen molar-refractivity contribution >= 4 is 16.0 Å². The number of hydrogen-bond donors (Lipinski definition) is 2. The molecule has 0 unspecified atom stereocenters. The van der Waals surface area contributed by atoms with Crippen LogP contribution in [0.4, 0.5) is 0 Å². The van der Waals surface area contributed by atoms with E-state index in [-0.39, 0.29) is 17.1 Å². The van der Waals surface area contributed by atoms with Gasteiger partial charge < -0.3 is 9.67 Å². The monoisotopic (exact) mass is 309 g/mol. The molecule has 112 valence electrons. The Morgan fingerprint density at radius 3 is 2.52 bits per heavy atom. The average Bonchev–Trinajstić information content (AvgIpc) is 2.87. The summed E-state index contributed by atoms with van der Waals surface area (Å²) in [7, 11) is -1.92. The summed E-state index contributed by atoms with van der Waals surface area (Å²) in [5.41, 5.74) is 1.05. The van der Waals surface area contributed by atoms with E-state index < -0.39 is 16.0 Å². The number of aromatic nitrogens is 2. The molecule has 2 N–H and O–H groups in total. The van der Waals surface area contributed by atoms with Crippen LogP contribution in [0.3, 0.4) is 0 Å². The first-order valence-electron chi connectivity index (χ1n) is 6.18. The largest absolute Gasteiger partial charge is 0.478 e. The summed E-state index contributed by atoms with van der Waals surface area (Å²) in [5.74, 6) is -0.989. The zero-order valence-electron chi connectivity index (χ0n) is 11.4. The zero-order chi connectivity index (χ0) is 15.5. The fourth-order valence-electron chi connectivity index (χ4n) is 1.75. The predicted octanol–water partition coefficient (Wildman–Crippen LogP) is 0.639. The maximum atomic E-state index is 11.9. The van der Waals surface area contributed by atoms with Crippen LogP contribution in [0.5, 0.6) is 0 Å². The molecule has 0 amide bonds. The lowest BCUT2D eigenvalue weighted by Crippen LogP contribution is -2.26. The smallest absolute Gasteiger partial charge is 0.335 e. The fraction of sp³-hybridized carbons (Fsp3) is 0.231. The molecule has 0 bridgehead atoms. The van der Waals surface area contributed by atoms with Crippen LogP contribution in [0, 0.1) is 0 Å². The van der Waals surface area contributed by atoms with E-state index in [0.29, 0.717) is 6.42 Å². The van der Waals surface area contributed by atoms with Gasteiger partial charge in [0.25, 0.3) is 10.0 Å². The minimum Gasteiger partial charge on any atom is -0.478 e. The van der Waals surface area contributed by atoms with Gasteiger partial charge in [-0.25, -0.2) is 22.9 Å². The number of rotatable bonds is 6. The number of sulfonamides is 1. The molecule has 7 nitrogen and oxygen atoms in total. The van der Waals surface area contributed by atoms with E-state index in [1.807, 2.05) is 0 Å². The average molecular weight is 309 g/mol. The summed E-state index contributed by atoms with van der Waals surface area (Å²) >= 11 is 0. The minimum absolute atomic E-state index is 0.0220. The first kappa shape index (κ1) is 15.2. The van der Waals surface area contributed by atoms with Gasteiger partial charge in [-0.3, -0.25) is 0 Å². The summed E-state index contributed by atoms with van der Waals surface area (Å²) in [4.78, 5) is 14.5. The Morgan fingerprint density at radius 1 is 1.33 bits per heavy atom. The molecule has 1 aromatic heterocycles. The van der Waals surface area contributed by atoms with Crippen molar-refractivity contribution in [1.29, 1.82) is 0 Å². The standard InChI is InChI=1S/C13H15N3O4S/c1-16-8-12(14-9-16)21(19,20)15-7-6-10-2-4-11(5-3-10)13(17)18/h2-5,8-9,15H,6-7H2,1H3,(H,17,18). The van der Waals surface area contributed by atoms with E-state index in [1.165, 1.54) is 24.7 Å². The summed E-state index contributed by atoms with van der Waals surface area (Å²) in [6.07, 6.45) is 3.30. The van der Waals surface area contributed by atoms with Gasteiger partial charge in [0.1, 0.15) is 0 Å². The molecule has 2 aromatic rings. The van der Waals surface area contributed by atoms with Gasteiger partial charge in [-0.1, -0.05) is 12.1 Å². The van der Waals surface area contributed by atoms with Crippen molar-refractivity contribution in [2.75, 3.05) is 6.54 Å². The Balaban J connectivity index is 1.93. The molecule has 8 heteroatoms. The summed E-state index contributed by atoms with van der Waals surface area (Å²) in [6, 6.07) is 6.31. The number of hydrogen-bond acceptors (Lipinski definition) is 4. The third-order valence-electron chi connectivity index (χ3n) is 2.86. The third kappa shape index (κ3) is 3.89. The van der Waals surface area contributed by atoms with Crippen LogP contribution in [-0.4, -0.2) is 35.6 Å². The lowest BCUT2D eigenvalue weighted by molar-refractivity contribution is 0.0697. The Hall–Kier alpha value is -2.19. The van der Waals surface area contributed by atoms with Crippen molar-refractivity contribution in [3.05, 3.63) is 47.9 Å². The quantitative estimate of drug-likeness (QED) is 0.815. The van der Waals surface area contributed by atoms with Crippen LogP contribution < -0.4 is 4.72 Å². The molecule has 0 aliphatic rings. The number of carboxylic acids is 1. The van der Waals surface area contributed by atoms with Gasteiger partial charge in [0.2, 0.25) is 0 Å². The van der Waals surface area contributed by atoms with E-state index in [4.69, 9.17) is 5.11 Å². The second kappa shape index (κ2) is 6.06. The number of carboxylic acid groups (broad SMARTS) is 1. The van der Waals surface area contributed by atoms with Crippen molar-refractivity contribution < 1.29 is 18.3 Å². The fourth-order valence-corrected chi connectivity index (χ4v) is 2.75. The zero-order valence-corrected chi connectivity index (χ0v) is 12.2. The van der Waals surface area contributed by atoms with Gasteiger partial charge in [-0.2, -0.15) is 0 Å². The van der Waals surface area contributed by atoms with Gasteiger partial charge in [0, 0.05) is 19.8 Å². The Labute approximate surface area is 122 Å². The van der Waals surface area contributed by atoms with E-state index in [1.54, 1.807) is 23.7 Å². The Bertz CT molecular complexity index is 735. The third-order valence-corrected chi connectivity index (χ3v) is 4.21. The number of benzene rings is 1. The van der Waals surface area contributed by atoms with Crippen LogP contribution in [0.25, 0.3) is 0 Å². The van der Waals surface area contributed by atoms with E-state index in [9.17, 15) is 13.2 Å². The van der Waals surface area contributed by atoms with Crippen LogP contribution in [0.15, 0.2) is 41.8 Å². The topological polar surface area (TPSA) is 101 Å². The maximum Gasteiger partial charge on any atom is 0.335 e. The molecule has 2 rings (SSSR count). The highest BCUT2D eigenvalue weighted by molar-refractivity contribution is 7.89. The van der Waals surface area contributed by atoms with Crippen LogP contribution in [-0.2, 0) is 23.5 Å². The second-order valence-corrected chi connectivity index (χ2v) is 6.24. The summed E-state index contributed by atoms with van der Waals surface area (Å²) < 4.78 is 27.8. The number of nitrogens with one attached hydrogen (secondary N) is 1. The van der Waals surface area contributed by atoms with Crippen LogP contribution in [0.2, 0.25) is 0 Å². The molecule has 0 radical (unpaired) electrons. The molecular weight excluding hydrogens is 294 g/mol. The second-order valence-electron chi connectivity index (χ2n) is 4.53. The molecule has 0 spiro atoms. The van der Waals surface area contributed by atoms with Gasteiger partial charge in [0.05, 0.1) is 11.9 Å². The molecule has 1 heterocycles. The molecule has 0 aliphatic heterocycles. The Kier molecular flexibility index (Phi) is 4.39. The number of aryl methyl sites for hydroxylation is 1. The molecule has 0 fully saturated rings. The maximum absolute atomic E-state index is 11.9.